The van der Waals surface area contributed by atoms with Crippen molar-refractivity contribution in [2.75, 3.05) is 18.5 Å². The first-order valence-electron chi connectivity index (χ1n) is 12.4. The zero-order valence-electron chi connectivity index (χ0n) is 20.5. The third-order valence-corrected chi connectivity index (χ3v) is 7.75. The van der Waals surface area contributed by atoms with Gasteiger partial charge in [-0.3, -0.25) is 14.4 Å². The fourth-order valence-corrected chi connectivity index (χ4v) is 5.90. The minimum absolute atomic E-state index is 0.150. The Morgan fingerprint density at radius 3 is 2.81 bits per heavy atom. The van der Waals surface area contributed by atoms with E-state index < -0.39 is 23.9 Å². The number of pyridine rings is 1. The monoisotopic (exact) mass is 496 g/mol. The van der Waals surface area contributed by atoms with E-state index in [4.69, 9.17) is 9.57 Å². The summed E-state index contributed by atoms with van der Waals surface area (Å²) in [7, 11) is 0. The summed E-state index contributed by atoms with van der Waals surface area (Å²) in [5.41, 5.74) is 1.74. The number of amides is 2. The fourth-order valence-electron chi connectivity index (χ4n) is 5.90. The number of aliphatic hydroxyl groups excluding tert-OH is 1. The lowest BCUT2D eigenvalue weighted by atomic mass is 9.86. The number of nitrogens with one attached hydrogen (secondary N) is 1. The number of hydrogen-bond acceptors (Lipinski definition) is 7. The topological polar surface area (TPSA) is 107 Å². The fraction of sp³-hybridized carbons (Fsp3) is 0.500. The van der Waals surface area contributed by atoms with Crippen LogP contribution >= 0.6 is 0 Å². The molecule has 2 saturated heterocycles. The number of anilines is 1. The van der Waals surface area contributed by atoms with Crippen LogP contribution in [-0.4, -0.2) is 57.0 Å². The Kier molecular flexibility index (Phi) is 5.16. The van der Waals surface area contributed by atoms with E-state index in [2.05, 4.69) is 10.3 Å². The SMILES string of the molecule is CCOc1ccc2c(n1)CCN(C(=O)C13CC(O)[N@@]1O3)C2C(=O)Nc1cc(F)c2c(c1)CCC2(C)C. The molecule has 190 valence electrons. The number of carbonyl (C=O) groups excluding carboxylic acids is 2. The molecule has 0 bridgehead atoms. The van der Waals surface area contributed by atoms with Crippen molar-refractivity contribution >= 4 is 17.5 Å². The van der Waals surface area contributed by atoms with Crippen molar-refractivity contribution in [3.63, 3.8) is 0 Å². The summed E-state index contributed by atoms with van der Waals surface area (Å²) >= 11 is 0. The molecule has 2 fully saturated rings. The van der Waals surface area contributed by atoms with Gasteiger partial charge in [0.15, 0.2) is 0 Å². The van der Waals surface area contributed by atoms with Gasteiger partial charge < -0.3 is 20.1 Å². The molecule has 1 aromatic heterocycles. The molecular weight excluding hydrogens is 467 g/mol. The number of aliphatic hydroxyl groups is 1. The highest BCUT2D eigenvalue weighted by atomic mass is 19.1. The third kappa shape index (κ3) is 3.42. The molecule has 4 heterocycles. The van der Waals surface area contributed by atoms with Crippen LogP contribution in [0.4, 0.5) is 10.1 Å². The molecule has 2 aromatic rings. The van der Waals surface area contributed by atoms with Crippen LogP contribution in [-0.2, 0) is 32.7 Å². The van der Waals surface area contributed by atoms with E-state index in [1.807, 2.05) is 26.8 Å². The highest BCUT2D eigenvalue weighted by Gasteiger charge is 2.75. The number of rotatable bonds is 5. The molecule has 2 amide bonds. The molecule has 36 heavy (non-hydrogen) atoms. The molecule has 1 aromatic carbocycles. The number of hydrogen-bond donors (Lipinski definition) is 2. The second-order valence-corrected chi connectivity index (χ2v) is 10.5. The molecule has 2 N–H and O–H groups in total. The summed E-state index contributed by atoms with van der Waals surface area (Å²) in [6.45, 7) is 6.61. The van der Waals surface area contributed by atoms with Crippen LogP contribution in [0.1, 0.15) is 62.0 Å². The Labute approximate surface area is 208 Å². The number of hydroxylamine groups is 2. The largest absolute Gasteiger partial charge is 0.478 e. The van der Waals surface area contributed by atoms with E-state index >= 15 is 4.39 Å². The summed E-state index contributed by atoms with van der Waals surface area (Å²) in [5.74, 6) is -0.727. The summed E-state index contributed by atoms with van der Waals surface area (Å²) in [6, 6.07) is 5.61. The number of aryl methyl sites for hydroxylation is 1. The highest BCUT2D eigenvalue weighted by molar-refractivity contribution is 6.00. The van der Waals surface area contributed by atoms with Gasteiger partial charge in [0.25, 0.3) is 11.8 Å². The Morgan fingerprint density at radius 2 is 2.11 bits per heavy atom. The standard InChI is InChI=1S/C26H29FN4O5/c1-4-35-19-6-5-16-18(29-19)8-10-30(24(34)26-13-20(32)31(26)36-26)22(16)23(33)28-15-11-14-7-9-25(2,3)21(14)17(27)12-15/h5-6,11-12,20,22,32H,4,7-10,13H2,1-3H3,(H,28,33)/t20?,22?,26?,31-/m1/s1. The van der Waals surface area contributed by atoms with Crippen molar-refractivity contribution in [1.82, 2.24) is 14.9 Å². The van der Waals surface area contributed by atoms with E-state index in [0.29, 0.717) is 41.4 Å². The third-order valence-electron chi connectivity index (χ3n) is 7.75. The Hall–Kier alpha value is -3.08. The lowest BCUT2D eigenvalue weighted by molar-refractivity contribution is -0.151. The molecule has 9 nitrogen and oxygen atoms in total. The van der Waals surface area contributed by atoms with Crippen LogP contribution in [0.2, 0.25) is 0 Å². The Morgan fingerprint density at radius 1 is 1.31 bits per heavy atom. The number of halogens is 1. The molecule has 3 aliphatic heterocycles. The zero-order chi connectivity index (χ0) is 25.4. The first kappa shape index (κ1) is 23.3. The smallest absolute Gasteiger partial charge is 0.275 e. The number of nitrogens with zero attached hydrogens (tertiary/aromatic N) is 3. The van der Waals surface area contributed by atoms with Crippen LogP contribution in [0.3, 0.4) is 0 Å². The minimum atomic E-state index is -1.21. The summed E-state index contributed by atoms with van der Waals surface area (Å²) in [4.78, 5) is 38.6. The number of ether oxygens (including phenoxy) is 1. The van der Waals surface area contributed by atoms with Crippen molar-refractivity contribution < 1.29 is 28.7 Å². The molecular formula is C26H29FN4O5. The second-order valence-electron chi connectivity index (χ2n) is 10.5. The predicted octanol–water partition coefficient (Wildman–Crippen LogP) is 2.57. The molecule has 1 aliphatic carbocycles. The van der Waals surface area contributed by atoms with E-state index in [-0.39, 0.29) is 30.1 Å². The quantitative estimate of drug-likeness (QED) is 0.613. The maximum absolute atomic E-state index is 15.1. The molecule has 4 atom stereocenters. The Balaban J connectivity index is 1.33. The van der Waals surface area contributed by atoms with Gasteiger partial charge in [-0.25, -0.2) is 9.37 Å². The van der Waals surface area contributed by atoms with Gasteiger partial charge in [0.1, 0.15) is 18.1 Å². The van der Waals surface area contributed by atoms with Gasteiger partial charge in [0.05, 0.1) is 12.3 Å². The van der Waals surface area contributed by atoms with E-state index in [1.54, 1.807) is 12.1 Å². The molecule has 0 saturated carbocycles. The van der Waals surface area contributed by atoms with Gasteiger partial charge >= 0.3 is 0 Å². The molecule has 6 rings (SSSR count). The van der Waals surface area contributed by atoms with Gasteiger partial charge in [-0.15, -0.1) is 5.06 Å². The highest BCUT2D eigenvalue weighted by Crippen LogP contribution is 2.53. The van der Waals surface area contributed by atoms with Crippen LogP contribution in [0.15, 0.2) is 24.3 Å². The molecule has 0 spiro atoms. The first-order valence-corrected chi connectivity index (χ1v) is 12.4. The normalized spacial score (nSPS) is 28.9. The van der Waals surface area contributed by atoms with Crippen LogP contribution < -0.4 is 10.1 Å². The number of benzene rings is 1. The van der Waals surface area contributed by atoms with Crippen molar-refractivity contribution in [3.8, 4) is 5.88 Å². The number of fused-ring (bicyclic) bond motifs is 3. The van der Waals surface area contributed by atoms with Crippen molar-refractivity contribution in [1.29, 1.82) is 0 Å². The first-order chi connectivity index (χ1) is 17.1. The van der Waals surface area contributed by atoms with Gasteiger partial charge in [0, 0.05) is 36.7 Å². The van der Waals surface area contributed by atoms with E-state index in [0.717, 1.165) is 18.4 Å². The number of aromatic nitrogens is 1. The van der Waals surface area contributed by atoms with E-state index in [1.165, 1.54) is 16.0 Å². The lowest BCUT2D eigenvalue weighted by Gasteiger charge is -2.38. The van der Waals surface area contributed by atoms with E-state index in [9.17, 15) is 14.7 Å². The van der Waals surface area contributed by atoms with Crippen LogP contribution in [0, 0.1) is 5.82 Å². The maximum atomic E-state index is 15.1. The summed E-state index contributed by atoms with van der Waals surface area (Å²) in [6.07, 6.45) is 1.34. The Bertz CT molecular complexity index is 1280. The van der Waals surface area contributed by atoms with Crippen LogP contribution in [0.5, 0.6) is 5.88 Å². The molecule has 0 radical (unpaired) electrons. The summed E-state index contributed by atoms with van der Waals surface area (Å²) in [5, 5.41) is 13.9. The zero-order valence-corrected chi connectivity index (χ0v) is 20.5. The predicted molar refractivity (Wildman–Crippen MR) is 126 cm³/mol. The van der Waals surface area contributed by atoms with Crippen molar-refractivity contribution in [2.45, 2.75) is 69.9 Å². The lowest BCUT2D eigenvalue weighted by Crippen LogP contribution is -2.57. The number of carbonyl (C=O) groups is 2. The molecule has 4 aliphatic rings. The van der Waals surface area contributed by atoms with Gasteiger partial charge in [-0.2, -0.15) is 0 Å². The maximum Gasteiger partial charge on any atom is 0.275 e. The minimum Gasteiger partial charge on any atom is -0.478 e. The summed E-state index contributed by atoms with van der Waals surface area (Å²) < 4.78 is 20.6. The average molecular weight is 497 g/mol. The molecule has 10 heteroatoms. The van der Waals surface area contributed by atoms with Crippen LogP contribution in [0.25, 0.3) is 0 Å². The second kappa shape index (κ2) is 7.96. The van der Waals surface area contributed by atoms with Crippen molar-refractivity contribution in [2.24, 2.45) is 0 Å². The van der Waals surface area contributed by atoms with Crippen molar-refractivity contribution in [3.05, 3.63) is 52.5 Å². The average Bonchev–Trinajstić information content (AvgIpc) is 3.35. The van der Waals surface area contributed by atoms with Gasteiger partial charge in [-0.1, -0.05) is 13.8 Å². The molecule has 3 unspecified atom stereocenters. The van der Waals surface area contributed by atoms with Gasteiger partial charge in [0.2, 0.25) is 11.6 Å². The van der Waals surface area contributed by atoms with Gasteiger partial charge in [-0.05, 0) is 54.5 Å².